The Hall–Kier alpha value is -4.21. The van der Waals surface area contributed by atoms with Gasteiger partial charge in [-0.15, -0.1) is 0 Å². The van der Waals surface area contributed by atoms with Gasteiger partial charge in [0.1, 0.15) is 6.10 Å². The Balaban J connectivity index is 0.932. The largest absolute Gasteiger partial charge is 0.446 e. The number of anilines is 1. The highest BCUT2D eigenvalue weighted by atomic mass is 16.6. The van der Waals surface area contributed by atoms with Crippen LogP contribution in [-0.2, 0) is 27.3 Å². The molecule has 2 aliphatic rings. The molecule has 262 valence electrons. The van der Waals surface area contributed by atoms with Gasteiger partial charge in [0.15, 0.2) is 0 Å². The zero-order valence-corrected chi connectivity index (χ0v) is 29.2. The summed E-state index contributed by atoms with van der Waals surface area (Å²) in [5.74, 6) is 0.539. The van der Waals surface area contributed by atoms with Crippen LogP contribution in [0, 0.1) is 5.92 Å². The summed E-state index contributed by atoms with van der Waals surface area (Å²) in [6.45, 7) is 11.5. The number of rotatable bonds is 14. The third kappa shape index (κ3) is 10.9. The zero-order chi connectivity index (χ0) is 34.4. The molecule has 0 unspecified atom stereocenters. The van der Waals surface area contributed by atoms with Crippen molar-refractivity contribution in [3.05, 3.63) is 90.0 Å². The molecule has 2 N–H and O–H groups in total. The predicted octanol–water partition coefficient (Wildman–Crippen LogP) is 6.20. The van der Waals surface area contributed by atoms with E-state index in [-0.39, 0.29) is 17.9 Å². The summed E-state index contributed by atoms with van der Waals surface area (Å²) in [4.78, 5) is 44.7. The molecular formula is C40H53N5O4. The minimum atomic E-state index is -0.427. The fourth-order valence-electron chi connectivity index (χ4n) is 6.90. The number of para-hydroxylation sites is 1. The highest BCUT2D eigenvalue weighted by molar-refractivity contribution is 5.91. The highest BCUT2D eigenvalue weighted by Gasteiger charge is 2.27. The van der Waals surface area contributed by atoms with Crippen LogP contribution in [0.25, 0.3) is 11.1 Å². The third-order valence-corrected chi connectivity index (χ3v) is 9.89. The summed E-state index contributed by atoms with van der Waals surface area (Å²) in [6, 6.07) is 26.3. The lowest BCUT2D eigenvalue weighted by Crippen LogP contribution is -2.42. The fraction of sp³-hybridized carbons (Fsp3) is 0.475. The first kappa shape index (κ1) is 36.1. The summed E-state index contributed by atoms with van der Waals surface area (Å²) in [5.41, 5.74) is 5.16. The molecule has 3 amide bonds. The van der Waals surface area contributed by atoms with Crippen LogP contribution in [-0.4, -0.2) is 91.1 Å². The molecule has 2 fully saturated rings. The molecule has 2 heterocycles. The standard InChI is InChI=1S/C40H53N5O4/c1-3-45(4-2)39(47)34-20-25-44(26-21-34)30-32-16-14-31(15-17-32)18-19-38(46)41-24-29-43-27-22-35(23-28-43)49-40(48)42-37-13-9-8-12-36(37)33-10-6-5-7-11-33/h5-17,34-35H,3-4,18-30H2,1-2H3,(H,41,46)(H,42,48). The second-order valence-electron chi connectivity index (χ2n) is 13.2. The van der Waals surface area contributed by atoms with Gasteiger partial charge >= 0.3 is 6.09 Å². The summed E-state index contributed by atoms with van der Waals surface area (Å²) >= 11 is 0. The zero-order valence-electron chi connectivity index (χ0n) is 29.2. The molecule has 0 aliphatic carbocycles. The lowest BCUT2D eigenvalue weighted by atomic mass is 9.94. The number of hydrogen-bond acceptors (Lipinski definition) is 6. The third-order valence-electron chi connectivity index (χ3n) is 9.89. The van der Waals surface area contributed by atoms with Gasteiger partial charge in [-0.2, -0.15) is 0 Å². The molecule has 9 heteroatoms. The smallest absolute Gasteiger partial charge is 0.411 e. The molecule has 0 spiro atoms. The first-order valence-corrected chi connectivity index (χ1v) is 18.1. The molecule has 2 aliphatic heterocycles. The van der Waals surface area contributed by atoms with Gasteiger partial charge < -0.3 is 19.9 Å². The molecule has 0 atom stereocenters. The van der Waals surface area contributed by atoms with Crippen LogP contribution in [0.5, 0.6) is 0 Å². The van der Waals surface area contributed by atoms with Gasteiger partial charge in [0.05, 0.1) is 5.69 Å². The maximum atomic E-state index is 12.7. The molecule has 5 rings (SSSR count). The van der Waals surface area contributed by atoms with E-state index in [0.717, 1.165) is 100 Å². The number of aryl methyl sites for hydroxylation is 1. The molecule has 0 saturated carbocycles. The Morgan fingerprint density at radius 1 is 0.776 bits per heavy atom. The van der Waals surface area contributed by atoms with E-state index < -0.39 is 6.09 Å². The maximum Gasteiger partial charge on any atom is 0.411 e. The van der Waals surface area contributed by atoms with Gasteiger partial charge in [0.25, 0.3) is 0 Å². The van der Waals surface area contributed by atoms with Crippen molar-refractivity contribution in [1.29, 1.82) is 0 Å². The highest BCUT2D eigenvalue weighted by Crippen LogP contribution is 2.28. The van der Waals surface area contributed by atoms with E-state index >= 15 is 0 Å². The molecule has 3 aromatic rings. The van der Waals surface area contributed by atoms with E-state index in [9.17, 15) is 14.4 Å². The lowest BCUT2D eigenvalue weighted by molar-refractivity contribution is -0.136. The molecular weight excluding hydrogens is 614 g/mol. The number of hydrogen-bond donors (Lipinski definition) is 2. The van der Waals surface area contributed by atoms with Crippen LogP contribution >= 0.6 is 0 Å². The summed E-state index contributed by atoms with van der Waals surface area (Å²) in [7, 11) is 0. The Morgan fingerprint density at radius 3 is 2.10 bits per heavy atom. The van der Waals surface area contributed by atoms with Crippen molar-refractivity contribution in [2.45, 2.75) is 65.0 Å². The Kier molecular flexibility index (Phi) is 13.6. The monoisotopic (exact) mass is 667 g/mol. The SMILES string of the molecule is CCN(CC)C(=O)C1CCN(Cc2ccc(CCC(=O)NCCN3CCC(OC(=O)Nc4ccccc4-c4ccccc4)CC3)cc2)CC1. The van der Waals surface area contributed by atoms with Gasteiger partial charge in [-0.25, -0.2) is 4.79 Å². The van der Waals surface area contributed by atoms with Crippen LogP contribution in [0.3, 0.4) is 0 Å². The van der Waals surface area contributed by atoms with Crippen LogP contribution in [0.1, 0.15) is 57.1 Å². The average molecular weight is 668 g/mol. The van der Waals surface area contributed by atoms with Crippen molar-refractivity contribution >= 4 is 23.6 Å². The minimum absolute atomic E-state index is 0.0666. The Bertz CT molecular complexity index is 1480. The quantitative estimate of drug-likeness (QED) is 0.213. The lowest BCUT2D eigenvalue weighted by Gasteiger charge is -2.33. The Labute approximate surface area is 292 Å². The minimum Gasteiger partial charge on any atom is -0.446 e. The molecule has 2 saturated heterocycles. The molecule has 49 heavy (non-hydrogen) atoms. The number of nitrogens with zero attached hydrogens (tertiary/aromatic N) is 3. The van der Waals surface area contributed by atoms with Gasteiger partial charge in [-0.05, 0) is 81.8 Å². The van der Waals surface area contributed by atoms with Crippen molar-refractivity contribution in [2.75, 3.05) is 57.7 Å². The van der Waals surface area contributed by atoms with Crippen molar-refractivity contribution in [2.24, 2.45) is 5.92 Å². The van der Waals surface area contributed by atoms with Crippen molar-refractivity contribution < 1.29 is 19.1 Å². The summed E-state index contributed by atoms with van der Waals surface area (Å²) in [5, 5.41) is 6.00. The van der Waals surface area contributed by atoms with Crippen molar-refractivity contribution in [3.63, 3.8) is 0 Å². The summed E-state index contributed by atoms with van der Waals surface area (Å²) < 4.78 is 5.76. The first-order chi connectivity index (χ1) is 23.9. The van der Waals surface area contributed by atoms with Gasteiger partial charge in [0.2, 0.25) is 11.8 Å². The second-order valence-corrected chi connectivity index (χ2v) is 13.2. The van der Waals surface area contributed by atoms with Gasteiger partial charge in [0, 0.05) is 63.7 Å². The van der Waals surface area contributed by atoms with Gasteiger partial charge in [-0.1, -0.05) is 72.8 Å². The first-order valence-electron chi connectivity index (χ1n) is 18.1. The van der Waals surface area contributed by atoms with E-state index in [1.807, 2.05) is 59.5 Å². The number of carbonyl (C=O) groups is 3. The average Bonchev–Trinajstić information content (AvgIpc) is 3.13. The van der Waals surface area contributed by atoms with Crippen LogP contribution in [0.4, 0.5) is 10.5 Å². The molecule has 0 aromatic heterocycles. The van der Waals surface area contributed by atoms with Crippen molar-refractivity contribution in [1.82, 2.24) is 20.0 Å². The normalized spacial score (nSPS) is 16.2. The number of amides is 3. The van der Waals surface area contributed by atoms with Crippen LogP contribution in [0.2, 0.25) is 0 Å². The number of piperidine rings is 2. The molecule has 0 bridgehead atoms. The fourth-order valence-corrected chi connectivity index (χ4v) is 6.90. The van der Waals surface area contributed by atoms with E-state index in [4.69, 9.17) is 4.74 Å². The molecule has 9 nitrogen and oxygen atoms in total. The van der Waals surface area contributed by atoms with Crippen molar-refractivity contribution in [3.8, 4) is 11.1 Å². The number of benzene rings is 3. The van der Waals surface area contributed by atoms with Crippen LogP contribution < -0.4 is 10.6 Å². The number of likely N-dealkylation sites (tertiary alicyclic amines) is 2. The van der Waals surface area contributed by atoms with E-state index in [0.29, 0.717) is 25.3 Å². The topological polar surface area (TPSA) is 94.2 Å². The number of nitrogens with one attached hydrogen (secondary N) is 2. The number of carbonyl (C=O) groups excluding carboxylic acids is 3. The molecule has 3 aromatic carbocycles. The summed E-state index contributed by atoms with van der Waals surface area (Å²) in [6.07, 6.45) is 4.03. The predicted molar refractivity (Wildman–Crippen MR) is 195 cm³/mol. The number of ether oxygens (including phenoxy) is 1. The Morgan fingerprint density at radius 2 is 1.41 bits per heavy atom. The second kappa shape index (κ2) is 18.5. The van der Waals surface area contributed by atoms with E-state index in [1.165, 1.54) is 5.56 Å². The maximum absolute atomic E-state index is 12.7. The van der Waals surface area contributed by atoms with Crippen LogP contribution in [0.15, 0.2) is 78.9 Å². The van der Waals surface area contributed by atoms with E-state index in [1.54, 1.807) is 0 Å². The van der Waals surface area contributed by atoms with Gasteiger partial charge in [-0.3, -0.25) is 19.8 Å². The van der Waals surface area contributed by atoms with E-state index in [2.05, 4.69) is 58.5 Å². The molecule has 0 radical (unpaired) electrons.